The normalized spacial score (nSPS) is 24.1. The van der Waals surface area contributed by atoms with Gasteiger partial charge in [-0.2, -0.15) is 10.1 Å². The molecule has 6 heteroatoms. The van der Waals surface area contributed by atoms with Crippen LogP contribution in [0.3, 0.4) is 0 Å². The predicted octanol–water partition coefficient (Wildman–Crippen LogP) is 2.83. The van der Waals surface area contributed by atoms with Crippen LogP contribution >= 0.6 is 0 Å². The van der Waals surface area contributed by atoms with E-state index in [0.29, 0.717) is 11.8 Å². The lowest BCUT2D eigenvalue weighted by Gasteiger charge is -2.31. The lowest BCUT2D eigenvalue weighted by Crippen LogP contribution is -2.34. The Morgan fingerprint density at radius 1 is 1.18 bits per heavy atom. The number of aromatic nitrogens is 4. The minimum atomic E-state index is 0.500. The van der Waals surface area contributed by atoms with Gasteiger partial charge in [0.15, 0.2) is 5.82 Å². The molecule has 3 heterocycles. The van der Waals surface area contributed by atoms with Crippen molar-refractivity contribution in [3.8, 4) is 0 Å². The van der Waals surface area contributed by atoms with E-state index in [1.54, 1.807) is 0 Å². The van der Waals surface area contributed by atoms with Crippen LogP contribution < -0.4 is 0 Å². The highest BCUT2D eigenvalue weighted by molar-refractivity contribution is 5.07. The van der Waals surface area contributed by atoms with Gasteiger partial charge >= 0.3 is 0 Å². The Kier molecular flexibility index (Phi) is 3.93. The van der Waals surface area contributed by atoms with Crippen LogP contribution in [0.4, 0.5) is 0 Å². The Bertz CT molecular complexity index is 587. The first kappa shape index (κ1) is 13.9. The maximum Gasteiger partial charge on any atom is 0.229 e. The topological polar surface area (TPSA) is 70.8 Å². The molecule has 2 fully saturated rings. The molecule has 1 saturated heterocycles. The van der Waals surface area contributed by atoms with Gasteiger partial charge in [0.25, 0.3) is 0 Å². The Labute approximate surface area is 130 Å². The molecule has 2 aromatic rings. The molecule has 2 aliphatic rings. The van der Waals surface area contributed by atoms with Gasteiger partial charge in [-0.05, 0) is 38.3 Å². The molecule has 1 atom stereocenters. The monoisotopic (exact) mass is 301 g/mol. The maximum atomic E-state index is 5.49. The maximum absolute atomic E-state index is 5.49. The molecular formula is C16H23N5O. The Hall–Kier alpha value is -1.69. The first-order valence-electron chi connectivity index (χ1n) is 8.42. The van der Waals surface area contributed by atoms with Crippen LogP contribution in [-0.4, -0.2) is 38.3 Å². The summed E-state index contributed by atoms with van der Waals surface area (Å²) in [6, 6.07) is 2.08. The summed E-state index contributed by atoms with van der Waals surface area (Å²) in [6.07, 6.45) is 9.25. The van der Waals surface area contributed by atoms with Crippen LogP contribution in [0.25, 0.3) is 0 Å². The van der Waals surface area contributed by atoms with Crippen molar-refractivity contribution in [2.24, 2.45) is 0 Å². The van der Waals surface area contributed by atoms with E-state index in [4.69, 9.17) is 4.52 Å². The molecular weight excluding hydrogens is 278 g/mol. The zero-order chi connectivity index (χ0) is 14.8. The second-order valence-corrected chi connectivity index (χ2v) is 6.62. The zero-order valence-corrected chi connectivity index (χ0v) is 12.9. The van der Waals surface area contributed by atoms with Crippen LogP contribution in [0.15, 0.2) is 16.8 Å². The molecule has 0 bridgehead atoms. The standard InChI is InChI=1S/C16H23N5O/c1-2-5-12(4-1)16-18-15(20-22-16)11-21-9-3-6-13(10-21)14-7-8-17-19-14/h7-8,12-13H,1-6,9-11H2,(H,17,19)/t13-/m0/s1. The van der Waals surface area contributed by atoms with E-state index in [1.165, 1.54) is 44.2 Å². The molecule has 1 aliphatic heterocycles. The Morgan fingerprint density at radius 2 is 2.05 bits per heavy atom. The molecule has 0 aromatic carbocycles. The lowest BCUT2D eigenvalue weighted by atomic mass is 9.95. The van der Waals surface area contributed by atoms with Gasteiger partial charge in [0.05, 0.1) is 6.54 Å². The third-order valence-corrected chi connectivity index (χ3v) is 5.02. The van der Waals surface area contributed by atoms with Gasteiger partial charge < -0.3 is 4.52 Å². The summed E-state index contributed by atoms with van der Waals surface area (Å²) >= 11 is 0. The summed E-state index contributed by atoms with van der Waals surface area (Å²) in [4.78, 5) is 7.06. The van der Waals surface area contributed by atoms with Gasteiger partial charge in [0.1, 0.15) is 0 Å². The van der Waals surface area contributed by atoms with Crippen molar-refractivity contribution in [2.75, 3.05) is 13.1 Å². The van der Waals surface area contributed by atoms with E-state index < -0.39 is 0 Å². The van der Waals surface area contributed by atoms with Crippen LogP contribution in [0.5, 0.6) is 0 Å². The van der Waals surface area contributed by atoms with Gasteiger partial charge in [-0.15, -0.1) is 0 Å². The molecule has 0 amide bonds. The minimum absolute atomic E-state index is 0.500. The summed E-state index contributed by atoms with van der Waals surface area (Å²) in [5.41, 5.74) is 1.24. The van der Waals surface area contributed by atoms with Crippen LogP contribution in [0.2, 0.25) is 0 Å². The summed E-state index contributed by atoms with van der Waals surface area (Å²) in [5.74, 6) is 2.74. The number of rotatable bonds is 4. The SMILES string of the molecule is c1cc([C@H]2CCCN(Cc3noc(C4CCCC4)n3)C2)[nH]n1. The third kappa shape index (κ3) is 2.92. The lowest BCUT2D eigenvalue weighted by molar-refractivity contribution is 0.192. The van der Waals surface area contributed by atoms with Gasteiger partial charge in [-0.3, -0.25) is 10.00 Å². The van der Waals surface area contributed by atoms with Crippen LogP contribution in [-0.2, 0) is 6.54 Å². The van der Waals surface area contributed by atoms with Crippen LogP contribution in [0.1, 0.15) is 67.8 Å². The zero-order valence-electron chi connectivity index (χ0n) is 12.9. The average Bonchev–Trinajstić information content (AvgIpc) is 3.29. The summed E-state index contributed by atoms with van der Waals surface area (Å²) in [7, 11) is 0. The second-order valence-electron chi connectivity index (χ2n) is 6.62. The van der Waals surface area contributed by atoms with E-state index in [9.17, 15) is 0 Å². The summed E-state index contributed by atoms with van der Waals surface area (Å²) in [6.45, 7) is 2.94. The molecule has 0 spiro atoms. The molecule has 4 rings (SSSR count). The number of likely N-dealkylation sites (tertiary alicyclic amines) is 1. The Balaban J connectivity index is 1.38. The molecule has 6 nitrogen and oxygen atoms in total. The van der Waals surface area contributed by atoms with Gasteiger partial charge in [0.2, 0.25) is 5.89 Å². The molecule has 1 aliphatic carbocycles. The highest BCUT2D eigenvalue weighted by Crippen LogP contribution is 2.33. The van der Waals surface area contributed by atoms with Gasteiger partial charge in [0, 0.05) is 30.3 Å². The van der Waals surface area contributed by atoms with E-state index in [1.807, 2.05) is 6.20 Å². The van der Waals surface area contributed by atoms with E-state index in [-0.39, 0.29) is 0 Å². The molecule has 22 heavy (non-hydrogen) atoms. The predicted molar refractivity (Wildman–Crippen MR) is 81.3 cm³/mol. The van der Waals surface area contributed by atoms with Gasteiger partial charge in [-0.25, -0.2) is 0 Å². The first-order valence-corrected chi connectivity index (χ1v) is 8.42. The van der Waals surface area contributed by atoms with Crippen molar-refractivity contribution in [3.05, 3.63) is 29.7 Å². The fourth-order valence-corrected chi connectivity index (χ4v) is 3.82. The fraction of sp³-hybridized carbons (Fsp3) is 0.688. The molecule has 0 unspecified atom stereocenters. The van der Waals surface area contributed by atoms with E-state index in [2.05, 4.69) is 31.3 Å². The molecule has 2 aromatic heterocycles. The van der Waals surface area contributed by atoms with E-state index in [0.717, 1.165) is 31.3 Å². The van der Waals surface area contributed by atoms with Crippen molar-refractivity contribution in [1.29, 1.82) is 0 Å². The summed E-state index contributed by atoms with van der Waals surface area (Å²) in [5, 5.41) is 11.4. The molecule has 118 valence electrons. The highest BCUT2D eigenvalue weighted by Gasteiger charge is 2.26. The number of hydrogen-bond acceptors (Lipinski definition) is 5. The number of aromatic amines is 1. The number of nitrogens with one attached hydrogen (secondary N) is 1. The van der Waals surface area contributed by atoms with Crippen molar-refractivity contribution in [3.63, 3.8) is 0 Å². The summed E-state index contributed by atoms with van der Waals surface area (Å²) < 4.78 is 5.49. The molecule has 1 N–H and O–H groups in total. The smallest absolute Gasteiger partial charge is 0.229 e. The Morgan fingerprint density at radius 3 is 2.86 bits per heavy atom. The molecule has 0 radical (unpaired) electrons. The number of piperidine rings is 1. The second kappa shape index (κ2) is 6.20. The van der Waals surface area contributed by atoms with Crippen molar-refractivity contribution < 1.29 is 4.52 Å². The molecule has 1 saturated carbocycles. The number of nitrogens with zero attached hydrogens (tertiary/aromatic N) is 4. The number of H-pyrrole nitrogens is 1. The average molecular weight is 301 g/mol. The van der Waals surface area contributed by atoms with E-state index >= 15 is 0 Å². The van der Waals surface area contributed by atoms with Crippen molar-refractivity contribution in [2.45, 2.75) is 56.9 Å². The largest absolute Gasteiger partial charge is 0.339 e. The van der Waals surface area contributed by atoms with Gasteiger partial charge in [-0.1, -0.05) is 18.0 Å². The highest BCUT2D eigenvalue weighted by atomic mass is 16.5. The van der Waals surface area contributed by atoms with Crippen molar-refractivity contribution in [1.82, 2.24) is 25.2 Å². The fourth-order valence-electron chi connectivity index (χ4n) is 3.82. The minimum Gasteiger partial charge on any atom is -0.339 e. The van der Waals surface area contributed by atoms with Crippen LogP contribution in [0, 0.1) is 0 Å². The van der Waals surface area contributed by atoms with Crippen molar-refractivity contribution >= 4 is 0 Å². The third-order valence-electron chi connectivity index (χ3n) is 5.02. The quantitative estimate of drug-likeness (QED) is 0.940. The number of hydrogen-bond donors (Lipinski definition) is 1. The first-order chi connectivity index (χ1) is 10.9.